The van der Waals surface area contributed by atoms with E-state index < -0.39 is 0 Å². The zero-order chi connectivity index (χ0) is 25.3. The molecule has 0 aliphatic rings. The summed E-state index contributed by atoms with van der Waals surface area (Å²) in [7, 11) is 0. The summed E-state index contributed by atoms with van der Waals surface area (Å²) in [6.45, 7) is 2.25. The van der Waals surface area contributed by atoms with Crippen molar-refractivity contribution in [1.82, 2.24) is 5.32 Å². The fraction of sp³-hybridized carbons (Fsp3) is 0.0690. The second-order valence-electron chi connectivity index (χ2n) is 8.23. The number of amides is 4. The van der Waals surface area contributed by atoms with E-state index in [1.165, 1.54) is 0 Å². The molecular weight excluding hydrogens is 452 g/mol. The minimum Gasteiger partial charge on any atom is -0.348 e. The van der Waals surface area contributed by atoms with E-state index in [9.17, 15) is 14.4 Å². The molecule has 0 radical (unpaired) electrons. The number of carbonyl (C=O) groups is 3. The van der Waals surface area contributed by atoms with Crippen LogP contribution in [-0.2, 0) is 6.54 Å². The predicted molar refractivity (Wildman–Crippen MR) is 142 cm³/mol. The molecule has 0 bridgehead atoms. The van der Waals surface area contributed by atoms with Gasteiger partial charge in [-0.3, -0.25) is 9.59 Å². The Morgan fingerprint density at radius 3 is 1.92 bits per heavy atom. The van der Waals surface area contributed by atoms with Crippen LogP contribution in [0.5, 0.6) is 0 Å². The van der Waals surface area contributed by atoms with Gasteiger partial charge in [-0.05, 0) is 78.7 Å². The molecule has 0 saturated heterocycles. The average Bonchev–Trinajstić information content (AvgIpc) is 2.88. The van der Waals surface area contributed by atoms with Gasteiger partial charge < -0.3 is 21.3 Å². The van der Waals surface area contributed by atoms with Crippen LogP contribution in [0.1, 0.15) is 31.8 Å². The first kappa shape index (κ1) is 24.2. The van der Waals surface area contributed by atoms with Crippen molar-refractivity contribution in [3.8, 4) is 0 Å². The van der Waals surface area contributed by atoms with Crippen LogP contribution < -0.4 is 21.3 Å². The van der Waals surface area contributed by atoms with E-state index in [-0.39, 0.29) is 17.8 Å². The zero-order valence-electron chi connectivity index (χ0n) is 19.7. The lowest BCUT2D eigenvalue weighted by Gasteiger charge is -2.11. The molecule has 0 spiro atoms. The Labute approximate surface area is 209 Å². The van der Waals surface area contributed by atoms with E-state index in [1.54, 1.807) is 60.7 Å². The molecule has 0 fully saturated rings. The molecule has 0 aromatic heterocycles. The maximum Gasteiger partial charge on any atom is 0.323 e. The minimum atomic E-state index is -0.346. The zero-order valence-corrected chi connectivity index (χ0v) is 19.7. The smallest absolute Gasteiger partial charge is 0.323 e. The van der Waals surface area contributed by atoms with Crippen molar-refractivity contribution >= 4 is 34.9 Å². The molecule has 0 saturated carbocycles. The van der Waals surface area contributed by atoms with Gasteiger partial charge in [0.1, 0.15) is 0 Å². The lowest BCUT2D eigenvalue weighted by Crippen LogP contribution is -2.23. The largest absolute Gasteiger partial charge is 0.348 e. The number of hydrogen-bond acceptors (Lipinski definition) is 3. The highest BCUT2D eigenvalue weighted by Crippen LogP contribution is 2.15. The molecular formula is C29H26N4O3. The van der Waals surface area contributed by atoms with E-state index >= 15 is 0 Å². The van der Waals surface area contributed by atoms with Crippen LogP contribution in [-0.4, -0.2) is 17.8 Å². The van der Waals surface area contributed by atoms with Gasteiger partial charge in [0.15, 0.2) is 0 Å². The van der Waals surface area contributed by atoms with Crippen molar-refractivity contribution in [3.63, 3.8) is 0 Å². The Morgan fingerprint density at radius 2 is 1.22 bits per heavy atom. The van der Waals surface area contributed by atoms with Gasteiger partial charge in [-0.15, -0.1) is 0 Å². The Morgan fingerprint density at radius 1 is 0.583 bits per heavy atom. The first-order valence-electron chi connectivity index (χ1n) is 11.4. The molecule has 4 rings (SSSR count). The monoisotopic (exact) mass is 478 g/mol. The van der Waals surface area contributed by atoms with Crippen molar-refractivity contribution < 1.29 is 14.4 Å². The SMILES string of the molecule is Cc1cccc(NC(=O)Nc2cccc(CNC(=O)c3ccc(NC(=O)c4ccccc4)cc3)c2)c1. The number of anilines is 3. The number of hydrogen-bond donors (Lipinski definition) is 4. The number of aryl methyl sites for hydroxylation is 1. The van der Waals surface area contributed by atoms with Crippen LogP contribution in [0.15, 0.2) is 103 Å². The van der Waals surface area contributed by atoms with Crippen LogP contribution in [0.3, 0.4) is 0 Å². The van der Waals surface area contributed by atoms with Crippen LogP contribution >= 0.6 is 0 Å². The van der Waals surface area contributed by atoms with E-state index in [0.29, 0.717) is 34.7 Å². The average molecular weight is 479 g/mol. The third-order valence-electron chi connectivity index (χ3n) is 5.35. The second-order valence-corrected chi connectivity index (χ2v) is 8.23. The molecule has 4 amide bonds. The molecule has 0 unspecified atom stereocenters. The Hall–Kier alpha value is -4.91. The van der Waals surface area contributed by atoms with Gasteiger partial charge in [-0.25, -0.2) is 4.79 Å². The first-order chi connectivity index (χ1) is 17.5. The van der Waals surface area contributed by atoms with Crippen LogP contribution in [0.4, 0.5) is 21.9 Å². The summed E-state index contributed by atoms with van der Waals surface area (Å²) >= 11 is 0. The highest BCUT2D eigenvalue weighted by Gasteiger charge is 2.09. The van der Waals surface area contributed by atoms with Crippen LogP contribution in [0, 0.1) is 6.92 Å². The molecule has 0 aliphatic carbocycles. The third kappa shape index (κ3) is 6.80. The van der Waals surface area contributed by atoms with Gasteiger partial charge in [-0.2, -0.15) is 0 Å². The summed E-state index contributed by atoms with van der Waals surface area (Å²) < 4.78 is 0. The second kappa shape index (κ2) is 11.5. The van der Waals surface area contributed by atoms with Gasteiger partial charge in [0, 0.05) is 34.7 Å². The highest BCUT2D eigenvalue weighted by atomic mass is 16.2. The van der Waals surface area contributed by atoms with Crippen molar-refractivity contribution in [2.75, 3.05) is 16.0 Å². The summed E-state index contributed by atoms with van der Waals surface area (Å²) in [6.07, 6.45) is 0. The van der Waals surface area contributed by atoms with Gasteiger partial charge in [-0.1, -0.05) is 42.5 Å². The third-order valence-corrected chi connectivity index (χ3v) is 5.35. The Balaban J connectivity index is 1.29. The molecule has 4 aromatic rings. The summed E-state index contributed by atoms with van der Waals surface area (Å²) in [5.74, 6) is -0.458. The van der Waals surface area contributed by atoms with Crippen molar-refractivity contribution in [2.24, 2.45) is 0 Å². The first-order valence-corrected chi connectivity index (χ1v) is 11.4. The number of rotatable bonds is 7. The summed E-state index contributed by atoms with van der Waals surface area (Å²) in [5.41, 5.74) is 4.85. The molecule has 0 heterocycles. The fourth-order valence-corrected chi connectivity index (χ4v) is 3.56. The van der Waals surface area contributed by atoms with Crippen molar-refractivity contribution in [2.45, 2.75) is 13.5 Å². The molecule has 36 heavy (non-hydrogen) atoms. The van der Waals surface area contributed by atoms with Crippen LogP contribution in [0.25, 0.3) is 0 Å². The molecule has 0 aliphatic heterocycles. The topological polar surface area (TPSA) is 99.3 Å². The molecule has 7 nitrogen and oxygen atoms in total. The van der Waals surface area contributed by atoms with E-state index in [4.69, 9.17) is 0 Å². The fourth-order valence-electron chi connectivity index (χ4n) is 3.56. The summed E-state index contributed by atoms with van der Waals surface area (Å²) in [4.78, 5) is 37.2. The maximum atomic E-state index is 12.6. The normalized spacial score (nSPS) is 10.2. The van der Waals surface area contributed by atoms with Gasteiger partial charge in [0.2, 0.25) is 0 Å². The molecule has 180 valence electrons. The lowest BCUT2D eigenvalue weighted by atomic mass is 10.1. The van der Waals surface area contributed by atoms with Gasteiger partial charge in [0.05, 0.1) is 0 Å². The highest BCUT2D eigenvalue weighted by molar-refractivity contribution is 6.04. The molecule has 4 aromatic carbocycles. The number of urea groups is 1. The molecule has 0 atom stereocenters. The number of nitrogens with one attached hydrogen (secondary N) is 4. The van der Waals surface area contributed by atoms with Crippen LogP contribution in [0.2, 0.25) is 0 Å². The van der Waals surface area contributed by atoms with Gasteiger partial charge >= 0.3 is 6.03 Å². The van der Waals surface area contributed by atoms with Crippen molar-refractivity contribution in [3.05, 3.63) is 125 Å². The minimum absolute atomic E-state index is 0.214. The van der Waals surface area contributed by atoms with E-state index in [2.05, 4.69) is 21.3 Å². The van der Waals surface area contributed by atoms with E-state index in [0.717, 1.165) is 11.1 Å². The Bertz CT molecular complexity index is 1370. The maximum absolute atomic E-state index is 12.6. The van der Waals surface area contributed by atoms with Crippen molar-refractivity contribution in [1.29, 1.82) is 0 Å². The van der Waals surface area contributed by atoms with Gasteiger partial charge in [0.25, 0.3) is 11.8 Å². The predicted octanol–water partition coefficient (Wildman–Crippen LogP) is 5.82. The standard InChI is InChI=1S/C29H26N4O3/c1-20-7-5-11-25(17-20)32-29(36)33-26-12-6-8-21(18-26)19-30-27(34)23-13-15-24(16-14-23)31-28(35)22-9-3-2-4-10-22/h2-18H,19H2,1H3,(H,30,34)(H,31,35)(H2,32,33,36). The summed E-state index contributed by atoms with van der Waals surface area (Å²) in [5, 5.41) is 11.3. The number of benzene rings is 4. The Kier molecular flexibility index (Phi) is 7.73. The number of carbonyl (C=O) groups excluding carboxylic acids is 3. The molecule has 4 N–H and O–H groups in total. The van der Waals surface area contributed by atoms with E-state index in [1.807, 2.05) is 49.4 Å². The summed E-state index contributed by atoms with van der Waals surface area (Å²) in [6, 6.07) is 30.1. The molecule has 7 heteroatoms. The quantitative estimate of drug-likeness (QED) is 0.269. The lowest BCUT2D eigenvalue weighted by molar-refractivity contribution is 0.0950.